The summed E-state index contributed by atoms with van der Waals surface area (Å²) >= 11 is 0. The minimum atomic E-state index is -4.32. The van der Waals surface area contributed by atoms with E-state index >= 15 is 0 Å². The number of benzene rings is 1. The maximum absolute atomic E-state index is 13.9. The zero-order valence-corrected chi connectivity index (χ0v) is 15.4. The van der Waals surface area contributed by atoms with Crippen LogP contribution in [0.2, 0.25) is 0 Å². The highest BCUT2D eigenvalue weighted by atomic mass is 32.2. The molecule has 0 spiro atoms. The smallest absolute Gasteiger partial charge is 0.248 e. The van der Waals surface area contributed by atoms with Crippen molar-refractivity contribution in [2.45, 2.75) is 55.9 Å². The molecule has 1 N–H and O–H groups in total. The average Bonchev–Trinajstić information content (AvgIpc) is 2.62. The Morgan fingerprint density at radius 1 is 1.04 bits per heavy atom. The third-order valence-electron chi connectivity index (χ3n) is 5.22. The van der Waals surface area contributed by atoms with E-state index in [2.05, 4.69) is 5.32 Å². The molecule has 0 aromatic heterocycles. The van der Waals surface area contributed by atoms with Gasteiger partial charge in [0.05, 0.1) is 5.92 Å². The van der Waals surface area contributed by atoms with E-state index in [4.69, 9.17) is 0 Å². The molecular weight excluding hydrogens is 362 g/mol. The molecule has 1 aliphatic heterocycles. The van der Waals surface area contributed by atoms with Gasteiger partial charge in [-0.3, -0.25) is 4.79 Å². The van der Waals surface area contributed by atoms with Gasteiger partial charge in [-0.15, -0.1) is 0 Å². The first-order valence-electron chi connectivity index (χ1n) is 9.14. The number of halogens is 2. The van der Waals surface area contributed by atoms with E-state index in [1.54, 1.807) is 0 Å². The second-order valence-corrected chi connectivity index (χ2v) is 8.97. The van der Waals surface area contributed by atoms with Crippen LogP contribution in [-0.4, -0.2) is 37.8 Å². The van der Waals surface area contributed by atoms with Crippen LogP contribution in [0.4, 0.5) is 8.78 Å². The molecule has 1 aromatic rings. The van der Waals surface area contributed by atoms with Gasteiger partial charge < -0.3 is 5.32 Å². The summed E-state index contributed by atoms with van der Waals surface area (Å²) < 4.78 is 54.3. The largest absolute Gasteiger partial charge is 0.353 e. The second-order valence-electron chi connectivity index (χ2n) is 7.10. The van der Waals surface area contributed by atoms with E-state index in [-0.39, 0.29) is 25.0 Å². The van der Waals surface area contributed by atoms with E-state index in [1.807, 2.05) is 0 Å². The first-order valence-corrected chi connectivity index (χ1v) is 10.6. The average molecular weight is 386 g/mol. The van der Waals surface area contributed by atoms with Crippen LogP contribution in [0.3, 0.4) is 0 Å². The molecule has 144 valence electrons. The van der Waals surface area contributed by atoms with Crippen LogP contribution in [-0.2, 0) is 14.8 Å². The van der Waals surface area contributed by atoms with E-state index in [0.717, 1.165) is 48.2 Å². The predicted molar refractivity (Wildman–Crippen MR) is 92.9 cm³/mol. The third kappa shape index (κ3) is 4.06. The molecule has 0 unspecified atom stereocenters. The van der Waals surface area contributed by atoms with Crippen molar-refractivity contribution in [1.29, 1.82) is 0 Å². The van der Waals surface area contributed by atoms with Gasteiger partial charge in [0, 0.05) is 19.1 Å². The Bertz CT molecular complexity index is 743. The zero-order valence-electron chi connectivity index (χ0n) is 14.6. The number of carbonyl (C=O) groups excluding carboxylic acids is 1. The number of hydrogen-bond donors (Lipinski definition) is 1. The Morgan fingerprint density at radius 3 is 2.35 bits per heavy atom. The number of hydrogen-bond acceptors (Lipinski definition) is 3. The first-order chi connectivity index (χ1) is 12.4. The standard InChI is InChI=1S/C18H24F2N2O3S/c19-15-9-4-10-16(20)17(15)26(24,25)22-11-5-6-13(12-22)18(23)21-14-7-2-1-3-8-14/h4,9-10,13-14H,1-3,5-8,11-12H2,(H,21,23)/t13-/m0/s1. The fourth-order valence-electron chi connectivity index (χ4n) is 3.80. The Morgan fingerprint density at radius 2 is 1.69 bits per heavy atom. The maximum Gasteiger partial charge on any atom is 0.248 e. The lowest BCUT2D eigenvalue weighted by Crippen LogP contribution is -2.48. The molecule has 1 saturated carbocycles. The normalized spacial score (nSPS) is 22.9. The molecule has 5 nitrogen and oxygen atoms in total. The van der Waals surface area contributed by atoms with Crippen LogP contribution in [0.25, 0.3) is 0 Å². The molecule has 8 heteroatoms. The van der Waals surface area contributed by atoms with Crippen LogP contribution in [0.15, 0.2) is 23.1 Å². The number of carbonyl (C=O) groups is 1. The fraction of sp³-hybridized carbons (Fsp3) is 0.611. The van der Waals surface area contributed by atoms with Gasteiger partial charge in [0.2, 0.25) is 15.9 Å². The second kappa shape index (κ2) is 8.00. The highest BCUT2D eigenvalue weighted by molar-refractivity contribution is 7.89. The van der Waals surface area contributed by atoms with E-state index in [0.29, 0.717) is 12.8 Å². The lowest BCUT2D eigenvalue weighted by molar-refractivity contribution is -0.127. The molecule has 0 bridgehead atoms. The summed E-state index contributed by atoms with van der Waals surface area (Å²) in [6.45, 7) is 0.109. The Labute approximate surface area is 152 Å². The highest BCUT2D eigenvalue weighted by Gasteiger charge is 2.36. The van der Waals surface area contributed by atoms with Crippen molar-refractivity contribution < 1.29 is 22.0 Å². The van der Waals surface area contributed by atoms with E-state index < -0.39 is 32.5 Å². The van der Waals surface area contributed by atoms with Crippen LogP contribution >= 0.6 is 0 Å². The van der Waals surface area contributed by atoms with Gasteiger partial charge in [0.25, 0.3) is 0 Å². The van der Waals surface area contributed by atoms with Gasteiger partial charge in [0.15, 0.2) is 4.90 Å². The monoisotopic (exact) mass is 386 g/mol. The van der Waals surface area contributed by atoms with E-state index in [1.165, 1.54) is 6.42 Å². The Hall–Kier alpha value is -1.54. The molecule has 0 radical (unpaired) electrons. The SMILES string of the molecule is O=C(NC1CCCCC1)[C@H]1CCCN(S(=O)(=O)c2c(F)cccc2F)C1. The number of rotatable bonds is 4. The van der Waals surface area contributed by atoms with Crippen molar-refractivity contribution in [3.8, 4) is 0 Å². The predicted octanol–water partition coefficient (Wildman–Crippen LogP) is 2.81. The molecule has 26 heavy (non-hydrogen) atoms. The van der Waals surface area contributed by atoms with Crippen LogP contribution < -0.4 is 5.32 Å². The molecule has 3 rings (SSSR count). The highest BCUT2D eigenvalue weighted by Crippen LogP contribution is 2.27. The lowest BCUT2D eigenvalue weighted by Gasteiger charge is -2.32. The number of nitrogens with zero attached hydrogens (tertiary/aromatic N) is 1. The number of piperidine rings is 1. The first kappa shape index (κ1) is 19.2. The summed E-state index contributed by atoms with van der Waals surface area (Å²) in [5.74, 6) is -2.88. The van der Waals surface area contributed by atoms with Gasteiger partial charge in [-0.1, -0.05) is 25.3 Å². The van der Waals surface area contributed by atoms with Crippen molar-refractivity contribution in [2.75, 3.05) is 13.1 Å². The maximum atomic E-state index is 13.9. The Balaban J connectivity index is 1.72. The third-order valence-corrected chi connectivity index (χ3v) is 7.14. The van der Waals surface area contributed by atoms with E-state index in [9.17, 15) is 22.0 Å². The fourth-order valence-corrected chi connectivity index (χ4v) is 5.43. The van der Waals surface area contributed by atoms with Crippen molar-refractivity contribution in [3.63, 3.8) is 0 Å². The summed E-state index contributed by atoms with van der Waals surface area (Å²) in [5, 5.41) is 3.01. The minimum Gasteiger partial charge on any atom is -0.353 e. The van der Waals surface area contributed by atoms with Gasteiger partial charge in [-0.2, -0.15) is 4.31 Å². The van der Waals surface area contributed by atoms with Gasteiger partial charge in [-0.05, 0) is 37.8 Å². The van der Waals surface area contributed by atoms with Gasteiger partial charge in [0.1, 0.15) is 11.6 Å². The number of nitrogens with one attached hydrogen (secondary N) is 1. The summed E-state index contributed by atoms with van der Waals surface area (Å²) in [6.07, 6.45) is 6.30. The lowest BCUT2D eigenvalue weighted by atomic mass is 9.93. The summed E-state index contributed by atoms with van der Waals surface area (Å²) in [7, 11) is -4.32. The quantitative estimate of drug-likeness (QED) is 0.865. The topological polar surface area (TPSA) is 66.5 Å². The van der Waals surface area contributed by atoms with Crippen molar-refractivity contribution in [3.05, 3.63) is 29.8 Å². The molecule has 1 amide bonds. The zero-order chi connectivity index (χ0) is 18.7. The van der Waals surface area contributed by atoms with Gasteiger partial charge >= 0.3 is 0 Å². The van der Waals surface area contributed by atoms with Crippen molar-refractivity contribution in [2.24, 2.45) is 5.92 Å². The van der Waals surface area contributed by atoms with Crippen molar-refractivity contribution in [1.82, 2.24) is 9.62 Å². The minimum absolute atomic E-state index is 0.0470. The molecule has 2 fully saturated rings. The van der Waals surface area contributed by atoms with Gasteiger partial charge in [-0.25, -0.2) is 17.2 Å². The van der Waals surface area contributed by atoms with Crippen LogP contribution in [0, 0.1) is 17.6 Å². The molecule has 1 heterocycles. The Kier molecular flexibility index (Phi) is 5.92. The molecule has 2 aliphatic rings. The van der Waals surface area contributed by atoms with Crippen LogP contribution in [0.5, 0.6) is 0 Å². The number of amides is 1. The molecule has 1 aromatic carbocycles. The molecular formula is C18H24F2N2O3S. The molecule has 1 atom stereocenters. The number of sulfonamides is 1. The molecule has 1 aliphatic carbocycles. The molecule has 1 saturated heterocycles. The van der Waals surface area contributed by atoms with Crippen molar-refractivity contribution >= 4 is 15.9 Å². The summed E-state index contributed by atoms with van der Waals surface area (Å²) in [6, 6.07) is 3.12. The van der Waals surface area contributed by atoms with Crippen LogP contribution in [0.1, 0.15) is 44.9 Å². The summed E-state index contributed by atoms with van der Waals surface area (Å²) in [4.78, 5) is 11.6. The summed E-state index contributed by atoms with van der Waals surface area (Å²) in [5.41, 5.74) is 0.